The molecular formula is C20H23N5O5S2. The third-order valence-electron chi connectivity index (χ3n) is 5.09. The van der Waals surface area contributed by atoms with E-state index in [-0.39, 0.29) is 36.4 Å². The number of amides is 1. The van der Waals surface area contributed by atoms with E-state index in [2.05, 4.69) is 20.4 Å². The van der Waals surface area contributed by atoms with Gasteiger partial charge in [-0.15, -0.1) is 11.3 Å². The molecular weight excluding hydrogens is 454 g/mol. The number of hydrogen-bond acceptors (Lipinski definition) is 9. The van der Waals surface area contributed by atoms with Crippen LogP contribution in [-0.2, 0) is 28.9 Å². The van der Waals surface area contributed by atoms with Gasteiger partial charge in [-0.1, -0.05) is 11.8 Å². The van der Waals surface area contributed by atoms with Crippen LogP contribution in [0, 0.1) is 0 Å². The van der Waals surface area contributed by atoms with Gasteiger partial charge in [0.2, 0.25) is 5.91 Å². The number of carbonyl (C=O) groups excluding carboxylic acids is 2. The molecule has 170 valence electrons. The predicted octanol–water partition coefficient (Wildman–Crippen LogP) is 1.96. The highest BCUT2D eigenvalue weighted by atomic mass is 32.2. The van der Waals surface area contributed by atoms with E-state index in [4.69, 9.17) is 9.84 Å². The minimum atomic E-state index is -0.600. The van der Waals surface area contributed by atoms with Crippen molar-refractivity contribution in [3.63, 3.8) is 0 Å². The number of aliphatic hydroxyl groups excluding tert-OH is 1. The highest BCUT2D eigenvalue weighted by Gasteiger charge is 2.29. The molecule has 0 bridgehead atoms. The molecule has 3 aromatic heterocycles. The standard InChI is InChI=1S/C20H23N5O5S2/c1-3-30-19(29)14-11-5-4-6-13(11)32-18(14)23-16(27)10(2)31-20-22-15-12(17(28)24-20)9-21-25(15)7-8-26/h9-10,26H,3-8H2,1-2H3,(H,23,27)(H,22,24,28)/t10-/m1/s1. The van der Waals surface area contributed by atoms with Gasteiger partial charge in [-0.3, -0.25) is 9.59 Å². The number of aliphatic hydroxyl groups is 1. The van der Waals surface area contributed by atoms with E-state index in [0.29, 0.717) is 21.6 Å². The second-order valence-electron chi connectivity index (χ2n) is 7.23. The van der Waals surface area contributed by atoms with Gasteiger partial charge in [-0.25, -0.2) is 14.5 Å². The van der Waals surface area contributed by atoms with Crippen LogP contribution in [0.2, 0.25) is 0 Å². The Kier molecular flexibility index (Phi) is 6.63. The Morgan fingerprint density at radius 1 is 1.44 bits per heavy atom. The van der Waals surface area contributed by atoms with Crippen LogP contribution in [0.15, 0.2) is 16.1 Å². The van der Waals surface area contributed by atoms with Gasteiger partial charge in [0.05, 0.1) is 36.8 Å². The third kappa shape index (κ3) is 4.30. The fourth-order valence-corrected chi connectivity index (χ4v) is 5.68. The number of thiophene rings is 1. The van der Waals surface area contributed by atoms with E-state index >= 15 is 0 Å². The van der Waals surface area contributed by atoms with Crippen molar-refractivity contribution in [1.82, 2.24) is 19.7 Å². The number of hydrogen-bond donors (Lipinski definition) is 3. The summed E-state index contributed by atoms with van der Waals surface area (Å²) in [6.45, 7) is 3.77. The number of fused-ring (bicyclic) bond motifs is 2. The first-order valence-electron chi connectivity index (χ1n) is 10.3. The summed E-state index contributed by atoms with van der Waals surface area (Å²) in [5, 5.41) is 16.6. The molecule has 3 aromatic rings. The molecule has 0 aliphatic heterocycles. The zero-order valence-corrected chi connectivity index (χ0v) is 19.3. The SMILES string of the molecule is CCOC(=O)c1c(NC(=O)[C@@H](C)Sc2nc3c(cnn3CCO)c(=O)[nH]2)sc2c1CCC2. The summed E-state index contributed by atoms with van der Waals surface area (Å²) >= 11 is 2.51. The lowest BCUT2D eigenvalue weighted by atomic mass is 10.1. The number of aromatic amines is 1. The van der Waals surface area contributed by atoms with Gasteiger partial charge in [-0.2, -0.15) is 5.10 Å². The third-order valence-corrected chi connectivity index (χ3v) is 7.28. The molecule has 0 aromatic carbocycles. The van der Waals surface area contributed by atoms with E-state index in [9.17, 15) is 14.4 Å². The van der Waals surface area contributed by atoms with Crippen LogP contribution in [0.25, 0.3) is 11.0 Å². The van der Waals surface area contributed by atoms with Crippen molar-refractivity contribution in [3.05, 3.63) is 32.6 Å². The largest absolute Gasteiger partial charge is 0.462 e. The van der Waals surface area contributed by atoms with E-state index in [1.54, 1.807) is 13.8 Å². The average molecular weight is 478 g/mol. The Bertz CT molecular complexity index is 1230. The quantitative estimate of drug-likeness (QED) is 0.254. The molecule has 1 aliphatic carbocycles. The maximum Gasteiger partial charge on any atom is 0.341 e. The first-order chi connectivity index (χ1) is 15.4. The van der Waals surface area contributed by atoms with Crippen LogP contribution in [0.5, 0.6) is 0 Å². The number of carbonyl (C=O) groups is 2. The molecule has 12 heteroatoms. The molecule has 0 saturated carbocycles. The van der Waals surface area contributed by atoms with Crippen molar-refractivity contribution in [2.24, 2.45) is 0 Å². The maximum absolute atomic E-state index is 12.9. The predicted molar refractivity (Wildman–Crippen MR) is 121 cm³/mol. The fraction of sp³-hybridized carbons (Fsp3) is 0.450. The second-order valence-corrected chi connectivity index (χ2v) is 9.67. The Morgan fingerprint density at radius 3 is 3.00 bits per heavy atom. The summed E-state index contributed by atoms with van der Waals surface area (Å²) in [6.07, 6.45) is 4.07. The van der Waals surface area contributed by atoms with Gasteiger partial charge in [-0.05, 0) is 38.7 Å². The normalized spacial score (nSPS) is 13.8. The molecule has 1 atom stereocenters. The zero-order valence-electron chi connectivity index (χ0n) is 17.6. The lowest BCUT2D eigenvalue weighted by molar-refractivity contribution is -0.115. The van der Waals surface area contributed by atoms with Crippen LogP contribution in [0.4, 0.5) is 5.00 Å². The fourth-order valence-electron chi connectivity index (χ4n) is 3.61. The van der Waals surface area contributed by atoms with E-state index in [0.717, 1.165) is 41.5 Å². The summed E-state index contributed by atoms with van der Waals surface area (Å²) in [6, 6.07) is 0. The number of rotatable bonds is 8. The van der Waals surface area contributed by atoms with Crippen molar-refractivity contribution >= 4 is 51.0 Å². The van der Waals surface area contributed by atoms with Crippen molar-refractivity contribution < 1.29 is 19.4 Å². The van der Waals surface area contributed by atoms with Gasteiger partial charge in [0.25, 0.3) is 5.56 Å². The molecule has 1 aliphatic rings. The molecule has 3 heterocycles. The Morgan fingerprint density at radius 2 is 2.25 bits per heavy atom. The smallest absolute Gasteiger partial charge is 0.341 e. The Hall–Kier alpha value is -2.70. The average Bonchev–Trinajstić information content (AvgIpc) is 3.43. The summed E-state index contributed by atoms with van der Waals surface area (Å²) in [5.41, 5.74) is 1.40. The molecule has 32 heavy (non-hydrogen) atoms. The van der Waals surface area contributed by atoms with Crippen molar-refractivity contribution in [1.29, 1.82) is 0 Å². The number of thioether (sulfide) groups is 1. The minimum Gasteiger partial charge on any atom is -0.462 e. The van der Waals surface area contributed by atoms with Gasteiger partial charge in [0.15, 0.2) is 10.8 Å². The van der Waals surface area contributed by atoms with Gasteiger partial charge in [0.1, 0.15) is 10.4 Å². The zero-order chi connectivity index (χ0) is 22.8. The van der Waals surface area contributed by atoms with Crippen LogP contribution in [-0.4, -0.2) is 55.2 Å². The Balaban J connectivity index is 1.54. The number of nitrogens with one attached hydrogen (secondary N) is 2. The highest BCUT2D eigenvalue weighted by molar-refractivity contribution is 8.00. The van der Waals surface area contributed by atoms with Gasteiger partial charge in [0, 0.05) is 4.88 Å². The summed E-state index contributed by atoms with van der Waals surface area (Å²) in [4.78, 5) is 45.9. The topological polar surface area (TPSA) is 139 Å². The molecule has 0 spiro atoms. The highest BCUT2D eigenvalue weighted by Crippen LogP contribution is 2.40. The number of esters is 1. The molecule has 0 fully saturated rings. The lowest BCUT2D eigenvalue weighted by Crippen LogP contribution is -2.24. The molecule has 0 saturated heterocycles. The number of anilines is 1. The molecule has 10 nitrogen and oxygen atoms in total. The van der Waals surface area contributed by atoms with Gasteiger partial charge >= 0.3 is 5.97 Å². The monoisotopic (exact) mass is 477 g/mol. The number of aryl methyl sites for hydroxylation is 1. The number of H-pyrrole nitrogens is 1. The van der Waals surface area contributed by atoms with Crippen LogP contribution in [0.3, 0.4) is 0 Å². The molecule has 1 amide bonds. The summed E-state index contributed by atoms with van der Waals surface area (Å²) in [7, 11) is 0. The summed E-state index contributed by atoms with van der Waals surface area (Å²) < 4.78 is 6.65. The first-order valence-corrected chi connectivity index (χ1v) is 12.0. The molecule has 0 radical (unpaired) electrons. The molecule has 4 rings (SSSR count). The molecule has 3 N–H and O–H groups in total. The van der Waals surface area contributed by atoms with Crippen LogP contribution < -0.4 is 10.9 Å². The van der Waals surface area contributed by atoms with Crippen molar-refractivity contribution in [2.45, 2.75) is 50.1 Å². The van der Waals surface area contributed by atoms with E-state index in [1.165, 1.54) is 22.2 Å². The summed E-state index contributed by atoms with van der Waals surface area (Å²) in [5.74, 6) is -0.733. The number of aromatic nitrogens is 4. The van der Waals surface area contributed by atoms with Gasteiger partial charge < -0.3 is 20.1 Å². The number of nitrogens with zero attached hydrogens (tertiary/aromatic N) is 3. The van der Waals surface area contributed by atoms with E-state index < -0.39 is 11.2 Å². The van der Waals surface area contributed by atoms with Crippen LogP contribution in [0.1, 0.15) is 41.1 Å². The van der Waals surface area contributed by atoms with Crippen molar-refractivity contribution in [3.8, 4) is 0 Å². The maximum atomic E-state index is 12.9. The Labute approximate surface area is 191 Å². The second kappa shape index (κ2) is 9.43. The number of ether oxygens (including phenoxy) is 1. The molecule has 0 unspecified atom stereocenters. The van der Waals surface area contributed by atoms with Crippen LogP contribution >= 0.6 is 23.1 Å². The van der Waals surface area contributed by atoms with E-state index in [1.807, 2.05) is 0 Å². The van der Waals surface area contributed by atoms with Crippen molar-refractivity contribution in [2.75, 3.05) is 18.5 Å². The lowest BCUT2D eigenvalue weighted by Gasteiger charge is -2.12. The minimum absolute atomic E-state index is 0.139. The first kappa shape index (κ1) is 22.5.